The van der Waals surface area contributed by atoms with Crippen LogP contribution in [0.1, 0.15) is 40.0 Å². The van der Waals surface area contributed by atoms with Crippen molar-refractivity contribution >= 4 is 55.9 Å². The molecule has 3 heterocycles. The molecule has 3 N–H and O–H groups in total. The Labute approximate surface area is 189 Å². The molecular weight excluding hydrogens is 430 g/mol. The summed E-state index contributed by atoms with van der Waals surface area (Å²) in [6.07, 6.45) is 2.42. The summed E-state index contributed by atoms with van der Waals surface area (Å²) in [4.78, 5) is 36.0. The van der Waals surface area contributed by atoms with Crippen molar-refractivity contribution in [3.8, 4) is 0 Å². The lowest BCUT2D eigenvalue weighted by Crippen LogP contribution is -2.18. The van der Waals surface area contributed by atoms with Crippen molar-refractivity contribution < 1.29 is 9.59 Å². The van der Waals surface area contributed by atoms with Gasteiger partial charge in [0.25, 0.3) is 5.91 Å². The maximum Gasteiger partial charge on any atom is 0.251 e. The van der Waals surface area contributed by atoms with Crippen LogP contribution >= 0.6 is 23.1 Å². The number of thioether (sulfide) groups is 1. The van der Waals surface area contributed by atoms with E-state index in [0.29, 0.717) is 10.6 Å². The molecule has 0 radical (unpaired) electrons. The first-order chi connectivity index (χ1) is 14.8. The molecule has 9 heteroatoms. The topological polar surface area (TPSA) is 101 Å². The van der Waals surface area contributed by atoms with Crippen molar-refractivity contribution in [3.63, 3.8) is 0 Å². The van der Waals surface area contributed by atoms with Gasteiger partial charge in [0.15, 0.2) is 5.13 Å². The summed E-state index contributed by atoms with van der Waals surface area (Å²) >= 11 is 2.88. The van der Waals surface area contributed by atoms with Gasteiger partial charge in [-0.3, -0.25) is 9.59 Å². The highest BCUT2D eigenvalue weighted by Gasteiger charge is 2.19. The number of primary amides is 1. The first-order valence-corrected chi connectivity index (χ1v) is 12.0. The smallest absolute Gasteiger partial charge is 0.251 e. The van der Waals surface area contributed by atoms with E-state index >= 15 is 0 Å². The molecule has 162 valence electrons. The molecular formula is C22H25N5O2S2. The van der Waals surface area contributed by atoms with Gasteiger partial charge in [0, 0.05) is 24.5 Å². The molecule has 1 aliphatic rings. The summed E-state index contributed by atoms with van der Waals surface area (Å²) in [5.74, 6) is -0.559. The number of aryl methyl sites for hydroxylation is 1. The number of thiazole rings is 1. The zero-order valence-electron chi connectivity index (χ0n) is 17.8. The van der Waals surface area contributed by atoms with Crippen LogP contribution in [-0.2, 0) is 4.79 Å². The second-order valence-corrected chi connectivity index (χ2v) is 9.67. The van der Waals surface area contributed by atoms with E-state index in [0.717, 1.165) is 50.9 Å². The third-order valence-electron chi connectivity index (χ3n) is 5.59. The molecule has 3 aromatic rings. The molecule has 1 aliphatic heterocycles. The predicted octanol–water partition coefficient (Wildman–Crippen LogP) is 4.05. The Kier molecular flexibility index (Phi) is 6.15. The normalized spacial score (nSPS) is 13.7. The number of benzene rings is 1. The average Bonchev–Trinajstić information content (AvgIpc) is 3.39. The second-order valence-electron chi connectivity index (χ2n) is 7.70. The number of nitrogens with one attached hydrogen (secondary N) is 1. The van der Waals surface area contributed by atoms with Gasteiger partial charge in [0.05, 0.1) is 21.5 Å². The molecule has 4 rings (SSSR count). The van der Waals surface area contributed by atoms with E-state index in [9.17, 15) is 9.59 Å². The summed E-state index contributed by atoms with van der Waals surface area (Å²) in [5, 5.41) is 4.47. The average molecular weight is 456 g/mol. The molecule has 0 unspecified atom stereocenters. The maximum atomic E-state index is 12.6. The lowest BCUT2D eigenvalue weighted by atomic mass is 10.0. The fraction of sp³-hybridized carbons (Fsp3) is 0.364. The number of carbonyl (C=O) groups is 2. The second kappa shape index (κ2) is 8.84. The van der Waals surface area contributed by atoms with Gasteiger partial charge in [0.1, 0.15) is 5.03 Å². The molecule has 0 atom stereocenters. The molecule has 7 nitrogen and oxygen atoms in total. The van der Waals surface area contributed by atoms with Gasteiger partial charge >= 0.3 is 0 Å². The van der Waals surface area contributed by atoms with Crippen molar-refractivity contribution in [2.75, 3.05) is 29.1 Å². The van der Waals surface area contributed by atoms with Crippen LogP contribution in [0.3, 0.4) is 0 Å². The summed E-state index contributed by atoms with van der Waals surface area (Å²) < 4.78 is 1.05. The quantitative estimate of drug-likeness (QED) is 0.544. The van der Waals surface area contributed by atoms with Crippen molar-refractivity contribution in [2.45, 2.75) is 38.6 Å². The van der Waals surface area contributed by atoms with Crippen molar-refractivity contribution in [3.05, 3.63) is 40.6 Å². The number of hydrogen-bond donors (Lipinski definition) is 2. The van der Waals surface area contributed by atoms with E-state index in [1.165, 1.54) is 24.6 Å². The van der Waals surface area contributed by atoms with E-state index in [2.05, 4.69) is 15.2 Å². The van der Waals surface area contributed by atoms with Crippen LogP contribution in [0.4, 0.5) is 10.8 Å². The van der Waals surface area contributed by atoms with E-state index in [1.54, 1.807) is 11.3 Å². The number of hydrogen-bond acceptors (Lipinski definition) is 7. The molecule has 2 aromatic heterocycles. The largest absolute Gasteiger partial charge is 0.366 e. The third kappa shape index (κ3) is 4.52. The molecule has 0 spiro atoms. The molecule has 31 heavy (non-hydrogen) atoms. The highest BCUT2D eigenvalue weighted by Crippen LogP contribution is 2.32. The number of rotatable bonds is 6. The first-order valence-electron chi connectivity index (χ1n) is 10.2. The van der Waals surface area contributed by atoms with Gasteiger partial charge in [-0.15, -0.1) is 0 Å². The molecule has 0 aliphatic carbocycles. The van der Waals surface area contributed by atoms with Crippen LogP contribution in [-0.4, -0.2) is 40.6 Å². The standard InChI is InChI=1S/C22H25N5O2S2/c1-12-13(2)19(20(23)29)21(24-14(12)3)30-11-18(28)25-15-6-7-16-17(10-15)31-22(26-16)27-8-4-5-9-27/h6-7,10H,4-5,8-9,11H2,1-3H3,(H2,23,29)(H,25,28). The first kappa shape index (κ1) is 21.6. The van der Waals surface area contributed by atoms with Gasteiger partial charge in [-0.2, -0.15) is 0 Å². The van der Waals surface area contributed by atoms with Crippen LogP contribution in [0.25, 0.3) is 10.2 Å². The number of nitrogens with two attached hydrogens (primary N) is 1. The lowest BCUT2D eigenvalue weighted by molar-refractivity contribution is -0.113. The van der Waals surface area contributed by atoms with E-state index in [-0.39, 0.29) is 11.7 Å². The Hall–Kier alpha value is -2.65. The molecule has 1 aromatic carbocycles. The van der Waals surface area contributed by atoms with Gasteiger partial charge in [0.2, 0.25) is 5.91 Å². The minimum Gasteiger partial charge on any atom is -0.366 e. The molecule has 1 saturated heterocycles. The Morgan fingerprint density at radius 2 is 1.90 bits per heavy atom. The van der Waals surface area contributed by atoms with Crippen molar-refractivity contribution in [1.82, 2.24) is 9.97 Å². The fourth-order valence-corrected chi connectivity index (χ4v) is 5.67. The number of fused-ring (bicyclic) bond motifs is 1. The summed E-state index contributed by atoms with van der Waals surface area (Å²) in [5.41, 5.74) is 10.2. The predicted molar refractivity (Wildman–Crippen MR) is 127 cm³/mol. The van der Waals surface area contributed by atoms with E-state index in [4.69, 9.17) is 10.7 Å². The molecule has 0 saturated carbocycles. The van der Waals surface area contributed by atoms with E-state index in [1.807, 2.05) is 39.0 Å². The number of nitrogens with zero attached hydrogens (tertiary/aromatic N) is 3. The Morgan fingerprint density at radius 1 is 1.16 bits per heavy atom. The van der Waals surface area contributed by atoms with Gasteiger partial charge < -0.3 is 16.0 Å². The minimum atomic E-state index is -0.527. The maximum absolute atomic E-state index is 12.6. The zero-order valence-corrected chi connectivity index (χ0v) is 19.5. The highest BCUT2D eigenvalue weighted by molar-refractivity contribution is 8.00. The molecule has 1 fully saturated rings. The molecule has 0 bridgehead atoms. The number of pyridine rings is 1. The van der Waals surface area contributed by atoms with Gasteiger partial charge in [-0.25, -0.2) is 9.97 Å². The van der Waals surface area contributed by atoms with Crippen LogP contribution in [0.2, 0.25) is 0 Å². The summed E-state index contributed by atoms with van der Waals surface area (Å²) in [7, 11) is 0. The number of carbonyl (C=O) groups excluding carboxylic acids is 2. The fourth-order valence-electron chi connectivity index (χ4n) is 3.67. The number of amides is 2. The number of aromatic nitrogens is 2. The van der Waals surface area contributed by atoms with Gasteiger partial charge in [-0.05, 0) is 62.9 Å². The highest BCUT2D eigenvalue weighted by atomic mass is 32.2. The van der Waals surface area contributed by atoms with Crippen LogP contribution in [0, 0.1) is 20.8 Å². The van der Waals surface area contributed by atoms with Gasteiger partial charge in [-0.1, -0.05) is 23.1 Å². The van der Waals surface area contributed by atoms with Crippen LogP contribution in [0.5, 0.6) is 0 Å². The summed E-state index contributed by atoms with van der Waals surface area (Å²) in [6.45, 7) is 7.77. The van der Waals surface area contributed by atoms with Crippen molar-refractivity contribution in [2.24, 2.45) is 5.73 Å². The van der Waals surface area contributed by atoms with E-state index < -0.39 is 5.91 Å². The van der Waals surface area contributed by atoms with Crippen LogP contribution in [0.15, 0.2) is 23.2 Å². The van der Waals surface area contributed by atoms with Crippen molar-refractivity contribution in [1.29, 1.82) is 0 Å². The Bertz CT molecular complexity index is 1170. The van der Waals surface area contributed by atoms with Crippen LogP contribution < -0.4 is 16.0 Å². The number of anilines is 2. The third-order valence-corrected chi connectivity index (χ3v) is 7.64. The monoisotopic (exact) mass is 455 g/mol. The lowest BCUT2D eigenvalue weighted by Gasteiger charge is -2.13. The zero-order chi connectivity index (χ0) is 22.1. The summed E-state index contributed by atoms with van der Waals surface area (Å²) in [6, 6.07) is 5.77. The minimum absolute atomic E-state index is 0.134. The molecule has 2 amide bonds. The SMILES string of the molecule is Cc1nc(SCC(=O)Nc2ccc3nc(N4CCCC4)sc3c2)c(C(N)=O)c(C)c1C. The Balaban J connectivity index is 1.45. The Morgan fingerprint density at radius 3 is 2.61 bits per heavy atom.